The molecular weight excluding hydrogens is 250 g/mol. The third-order valence-corrected chi connectivity index (χ3v) is 3.69. The van der Waals surface area contributed by atoms with Gasteiger partial charge in [-0.3, -0.25) is 14.6 Å². The Hall–Kier alpha value is -1.72. The lowest BCUT2D eigenvalue weighted by Gasteiger charge is -2.31. The zero-order chi connectivity index (χ0) is 13.9. The second-order valence-corrected chi connectivity index (χ2v) is 5.51. The number of nitrogens with zero attached hydrogens (tertiary/aromatic N) is 4. The Balaban J connectivity index is 1.83. The summed E-state index contributed by atoms with van der Waals surface area (Å²) < 4.78 is 1.89. The summed E-state index contributed by atoms with van der Waals surface area (Å²) in [5.74, 6) is 0. The van der Waals surface area contributed by atoms with Crippen molar-refractivity contribution in [3.05, 3.63) is 36.3 Å². The smallest absolute Gasteiger partial charge is 0.0983 e. The topological polar surface area (TPSA) is 46.0 Å². The van der Waals surface area contributed by atoms with Crippen LogP contribution in [-0.4, -0.2) is 45.3 Å². The lowest BCUT2D eigenvalue weighted by Crippen LogP contribution is -2.48. The Morgan fingerprint density at radius 3 is 3.10 bits per heavy atom. The highest BCUT2D eigenvalue weighted by molar-refractivity contribution is 5.61. The predicted octanol–water partition coefficient (Wildman–Crippen LogP) is 1.28. The highest BCUT2D eigenvalue weighted by Crippen LogP contribution is 2.22. The van der Waals surface area contributed by atoms with Crippen LogP contribution in [-0.2, 0) is 13.6 Å². The van der Waals surface area contributed by atoms with Crippen molar-refractivity contribution in [3.8, 4) is 11.3 Å². The summed E-state index contributed by atoms with van der Waals surface area (Å²) in [5.41, 5.74) is 3.41. The molecule has 106 valence electrons. The Bertz CT molecular complexity index is 563. The molecule has 1 N–H and O–H groups in total. The molecule has 1 aliphatic rings. The van der Waals surface area contributed by atoms with Crippen molar-refractivity contribution in [2.24, 2.45) is 7.05 Å². The number of hydrogen-bond acceptors (Lipinski definition) is 4. The standard InChI is InChI=1S/C15H21N5/c1-12-9-20(7-6-17-12)11-14-10-19(2)18-15(14)13-4-3-5-16-8-13/h3-5,8,10,12,17H,6-7,9,11H2,1-2H3. The molecule has 3 rings (SSSR count). The minimum absolute atomic E-state index is 0.558. The van der Waals surface area contributed by atoms with Crippen LogP contribution in [0.4, 0.5) is 0 Å². The molecule has 0 radical (unpaired) electrons. The van der Waals surface area contributed by atoms with Crippen molar-refractivity contribution in [1.29, 1.82) is 0 Å². The largest absolute Gasteiger partial charge is 0.312 e. The fourth-order valence-corrected chi connectivity index (χ4v) is 2.80. The number of aryl methyl sites for hydroxylation is 1. The van der Waals surface area contributed by atoms with Crippen molar-refractivity contribution in [2.45, 2.75) is 19.5 Å². The number of aromatic nitrogens is 3. The zero-order valence-electron chi connectivity index (χ0n) is 12.1. The molecule has 2 aromatic rings. The van der Waals surface area contributed by atoms with Crippen molar-refractivity contribution in [2.75, 3.05) is 19.6 Å². The molecule has 0 saturated carbocycles. The van der Waals surface area contributed by atoms with Crippen LogP contribution in [0.3, 0.4) is 0 Å². The monoisotopic (exact) mass is 271 g/mol. The van der Waals surface area contributed by atoms with Gasteiger partial charge in [-0.05, 0) is 19.1 Å². The third-order valence-electron chi connectivity index (χ3n) is 3.69. The fourth-order valence-electron chi connectivity index (χ4n) is 2.80. The van der Waals surface area contributed by atoms with E-state index in [0.717, 1.165) is 37.4 Å². The van der Waals surface area contributed by atoms with E-state index in [2.05, 4.69) is 39.5 Å². The lowest BCUT2D eigenvalue weighted by atomic mass is 10.1. The van der Waals surface area contributed by atoms with Gasteiger partial charge in [0.25, 0.3) is 0 Å². The van der Waals surface area contributed by atoms with Crippen LogP contribution < -0.4 is 5.32 Å². The minimum Gasteiger partial charge on any atom is -0.312 e. The van der Waals surface area contributed by atoms with Gasteiger partial charge >= 0.3 is 0 Å². The number of nitrogens with one attached hydrogen (secondary N) is 1. The number of rotatable bonds is 3. The maximum atomic E-state index is 4.60. The quantitative estimate of drug-likeness (QED) is 0.913. The molecule has 5 nitrogen and oxygen atoms in total. The molecule has 20 heavy (non-hydrogen) atoms. The van der Waals surface area contributed by atoms with Crippen LogP contribution in [0, 0.1) is 0 Å². The van der Waals surface area contributed by atoms with Gasteiger partial charge in [0.05, 0.1) is 5.69 Å². The van der Waals surface area contributed by atoms with Gasteiger partial charge in [0.1, 0.15) is 0 Å². The molecule has 0 aromatic carbocycles. The van der Waals surface area contributed by atoms with Gasteiger partial charge in [0, 0.05) is 69.0 Å². The molecule has 1 unspecified atom stereocenters. The zero-order valence-corrected chi connectivity index (χ0v) is 12.1. The Kier molecular flexibility index (Phi) is 3.80. The lowest BCUT2D eigenvalue weighted by molar-refractivity contribution is 0.200. The van der Waals surface area contributed by atoms with Crippen molar-refractivity contribution in [3.63, 3.8) is 0 Å². The average Bonchev–Trinajstić information content (AvgIpc) is 2.80. The van der Waals surface area contributed by atoms with Gasteiger partial charge in [-0.15, -0.1) is 0 Å². The van der Waals surface area contributed by atoms with Crippen molar-refractivity contribution < 1.29 is 0 Å². The predicted molar refractivity (Wildman–Crippen MR) is 79.2 cm³/mol. The molecule has 3 heterocycles. The average molecular weight is 271 g/mol. The van der Waals surface area contributed by atoms with E-state index in [9.17, 15) is 0 Å². The summed E-state index contributed by atoms with van der Waals surface area (Å²) in [6.07, 6.45) is 5.80. The van der Waals surface area contributed by atoms with E-state index in [1.54, 1.807) is 6.20 Å². The number of hydrogen-bond donors (Lipinski definition) is 1. The Labute approximate surface area is 119 Å². The Morgan fingerprint density at radius 1 is 1.45 bits per heavy atom. The summed E-state index contributed by atoms with van der Waals surface area (Å²) >= 11 is 0. The molecule has 0 amide bonds. The molecule has 2 aromatic heterocycles. The number of piperazine rings is 1. The summed E-state index contributed by atoms with van der Waals surface area (Å²) in [6, 6.07) is 4.59. The molecule has 1 fully saturated rings. The highest BCUT2D eigenvalue weighted by atomic mass is 15.3. The molecule has 0 bridgehead atoms. The van der Waals surface area contributed by atoms with Gasteiger partial charge in [-0.2, -0.15) is 5.10 Å². The van der Waals surface area contributed by atoms with Crippen LogP contribution in [0.15, 0.2) is 30.7 Å². The van der Waals surface area contributed by atoms with Crippen LogP contribution in [0.2, 0.25) is 0 Å². The van der Waals surface area contributed by atoms with Crippen LogP contribution in [0.5, 0.6) is 0 Å². The second-order valence-electron chi connectivity index (χ2n) is 5.51. The fraction of sp³-hybridized carbons (Fsp3) is 0.467. The van der Waals surface area contributed by atoms with E-state index < -0.39 is 0 Å². The van der Waals surface area contributed by atoms with Gasteiger partial charge in [-0.25, -0.2) is 0 Å². The molecule has 0 spiro atoms. The SMILES string of the molecule is CC1CN(Cc2cn(C)nc2-c2cccnc2)CCN1. The van der Waals surface area contributed by atoms with Crippen LogP contribution >= 0.6 is 0 Å². The maximum absolute atomic E-state index is 4.60. The summed E-state index contributed by atoms with van der Waals surface area (Å²) in [5, 5.41) is 8.08. The molecule has 1 saturated heterocycles. The van der Waals surface area contributed by atoms with Gasteiger partial charge < -0.3 is 5.32 Å². The van der Waals surface area contributed by atoms with Crippen molar-refractivity contribution in [1.82, 2.24) is 25.0 Å². The summed E-state index contributed by atoms with van der Waals surface area (Å²) in [6.45, 7) is 6.41. The van der Waals surface area contributed by atoms with E-state index in [0.29, 0.717) is 6.04 Å². The molecule has 5 heteroatoms. The summed E-state index contributed by atoms with van der Waals surface area (Å²) in [4.78, 5) is 6.68. The normalized spacial score (nSPS) is 20.2. The van der Waals surface area contributed by atoms with E-state index >= 15 is 0 Å². The Morgan fingerprint density at radius 2 is 2.35 bits per heavy atom. The minimum atomic E-state index is 0.558. The molecular formula is C15H21N5. The van der Waals surface area contributed by atoms with E-state index in [1.807, 2.05) is 24.0 Å². The van der Waals surface area contributed by atoms with Crippen molar-refractivity contribution >= 4 is 0 Å². The molecule has 0 aliphatic carbocycles. The first-order valence-electron chi connectivity index (χ1n) is 7.11. The van der Waals surface area contributed by atoms with E-state index in [-0.39, 0.29) is 0 Å². The first-order chi connectivity index (χ1) is 9.72. The molecule has 1 atom stereocenters. The van der Waals surface area contributed by atoms with E-state index in [4.69, 9.17) is 0 Å². The molecule has 1 aliphatic heterocycles. The van der Waals surface area contributed by atoms with E-state index in [1.165, 1.54) is 5.56 Å². The van der Waals surface area contributed by atoms with Gasteiger partial charge in [0.15, 0.2) is 0 Å². The number of pyridine rings is 1. The highest BCUT2D eigenvalue weighted by Gasteiger charge is 2.18. The second kappa shape index (κ2) is 5.73. The maximum Gasteiger partial charge on any atom is 0.0983 e. The van der Waals surface area contributed by atoms with Crippen LogP contribution in [0.25, 0.3) is 11.3 Å². The van der Waals surface area contributed by atoms with Gasteiger partial charge in [-0.1, -0.05) is 0 Å². The first kappa shape index (κ1) is 13.3. The van der Waals surface area contributed by atoms with Crippen LogP contribution in [0.1, 0.15) is 12.5 Å². The first-order valence-corrected chi connectivity index (χ1v) is 7.11. The van der Waals surface area contributed by atoms with Gasteiger partial charge in [0.2, 0.25) is 0 Å². The summed E-state index contributed by atoms with van der Waals surface area (Å²) in [7, 11) is 1.98. The third kappa shape index (κ3) is 2.89.